The Hall–Kier alpha value is 0.0895. The average Bonchev–Trinajstić information content (AvgIpc) is 2.88. The summed E-state index contributed by atoms with van der Waals surface area (Å²) in [5.74, 6) is 0. The molecule has 2 unspecified atom stereocenters. The number of hydrogen-bond acceptors (Lipinski definition) is 1. The normalized spacial score (nSPS) is 35.3. The van der Waals surface area contributed by atoms with Crippen molar-refractivity contribution in [3.63, 3.8) is 0 Å². The van der Waals surface area contributed by atoms with Crippen LogP contribution in [0.4, 0.5) is 0 Å². The van der Waals surface area contributed by atoms with Gasteiger partial charge in [-0.25, -0.2) is 0 Å². The average molecular weight is 559 g/mol. The molecule has 0 spiro atoms. The van der Waals surface area contributed by atoms with Crippen LogP contribution < -0.4 is 0 Å². The third kappa shape index (κ3) is 6.57. The first kappa shape index (κ1) is 26.7. The molecule has 5 aliphatic rings. The molecule has 5 nitrogen and oxygen atoms in total. The van der Waals surface area contributed by atoms with E-state index in [9.17, 15) is 0 Å². The summed E-state index contributed by atoms with van der Waals surface area (Å²) in [5, 5.41) is 21.2. The molecule has 0 amide bonds. The van der Waals surface area contributed by atoms with Crippen LogP contribution in [0.2, 0.25) is 0 Å². The Morgan fingerprint density at radius 1 is 0.629 bits per heavy atom. The van der Waals surface area contributed by atoms with Crippen molar-refractivity contribution in [1.29, 1.82) is 0 Å². The van der Waals surface area contributed by atoms with E-state index in [0.717, 1.165) is 25.9 Å². The number of aromatic nitrogens is 1. The van der Waals surface area contributed by atoms with Crippen LogP contribution in [0.5, 0.6) is 0 Å². The third-order valence-electron chi connectivity index (χ3n) is 8.68. The van der Waals surface area contributed by atoms with Gasteiger partial charge in [-0.3, -0.25) is 4.98 Å². The number of rotatable bonds is 0. The minimum Gasteiger partial charge on any atom is -0.662 e. The molecule has 0 N–H and O–H groups in total. The Morgan fingerprint density at radius 3 is 1.51 bits per heavy atom. The summed E-state index contributed by atoms with van der Waals surface area (Å²) < 4.78 is 0. The first-order valence-corrected chi connectivity index (χ1v) is 17.1. The van der Waals surface area contributed by atoms with E-state index in [0.29, 0.717) is 24.2 Å². The summed E-state index contributed by atoms with van der Waals surface area (Å²) in [6, 6.07) is 4.59. The molecule has 6 atom stereocenters. The van der Waals surface area contributed by atoms with E-state index in [-0.39, 0.29) is 25.2 Å². The Labute approximate surface area is 226 Å². The first-order valence-electron chi connectivity index (χ1n) is 13.9. The minimum atomic E-state index is 0.00694. The maximum absolute atomic E-state index is 5.47. The van der Waals surface area contributed by atoms with Crippen LogP contribution in [-0.4, -0.2) is 42.2 Å². The SMILES string of the molecule is [Cl][Mn][Cl].c1c2c3nc4c1CCCC4[N-][C@@H]1CCCC[C@H]1[N-]CC[N-][C@@H]1CCCC[C@H]1[N-]C3CCC2. The molecule has 1 aromatic rings. The molecule has 6 rings (SSSR count). The van der Waals surface area contributed by atoms with Crippen molar-refractivity contribution in [2.75, 3.05) is 13.1 Å². The summed E-state index contributed by atoms with van der Waals surface area (Å²) in [6.45, 7) is 1.74. The molecule has 2 heterocycles. The van der Waals surface area contributed by atoms with Crippen LogP contribution in [0, 0.1) is 0 Å². The summed E-state index contributed by atoms with van der Waals surface area (Å²) in [7, 11) is 9.59. The zero-order valence-electron chi connectivity index (χ0n) is 20.7. The van der Waals surface area contributed by atoms with Crippen LogP contribution in [0.1, 0.15) is 112 Å². The van der Waals surface area contributed by atoms with Crippen molar-refractivity contribution >= 4 is 20.2 Å². The van der Waals surface area contributed by atoms with Gasteiger partial charge in [0.15, 0.2) is 0 Å². The van der Waals surface area contributed by atoms with Crippen molar-refractivity contribution in [1.82, 2.24) is 4.98 Å². The maximum Gasteiger partial charge on any atom is 0.0264 e. The second-order valence-corrected chi connectivity index (χ2v) is 12.8. The van der Waals surface area contributed by atoms with Gasteiger partial charge >= 0.3 is 33.3 Å². The predicted molar refractivity (Wildman–Crippen MR) is 143 cm³/mol. The predicted octanol–water partition coefficient (Wildman–Crippen LogP) is 8.34. The Balaban J connectivity index is 0.000000806. The van der Waals surface area contributed by atoms with Crippen LogP contribution in [0.25, 0.3) is 21.3 Å². The molecule has 197 valence electrons. The molecular weight excluding hydrogens is 520 g/mol. The van der Waals surface area contributed by atoms with Gasteiger partial charge in [0.05, 0.1) is 0 Å². The van der Waals surface area contributed by atoms with E-state index >= 15 is 0 Å². The molecule has 8 heteroatoms. The van der Waals surface area contributed by atoms with Gasteiger partial charge in [-0.1, -0.05) is 95.2 Å². The van der Waals surface area contributed by atoms with Gasteiger partial charge in [0.1, 0.15) is 0 Å². The van der Waals surface area contributed by atoms with Crippen LogP contribution in [0.3, 0.4) is 0 Å². The van der Waals surface area contributed by atoms with Crippen molar-refractivity contribution in [2.45, 2.75) is 126 Å². The quantitative estimate of drug-likeness (QED) is 0.295. The molecule has 2 fully saturated rings. The van der Waals surface area contributed by atoms with Crippen LogP contribution in [0.15, 0.2) is 6.07 Å². The number of pyridine rings is 1. The van der Waals surface area contributed by atoms with Gasteiger partial charge in [-0.05, 0) is 24.0 Å². The van der Waals surface area contributed by atoms with Crippen molar-refractivity contribution in [3.05, 3.63) is 49.8 Å². The summed E-state index contributed by atoms with van der Waals surface area (Å²) in [5.41, 5.74) is 5.54. The second kappa shape index (κ2) is 13.2. The number of hydrogen-bond donors (Lipinski definition) is 0. The van der Waals surface area contributed by atoms with E-state index in [1.54, 1.807) is 0 Å². The Bertz CT molecular complexity index is 766. The smallest absolute Gasteiger partial charge is 0.0264 e. The Morgan fingerprint density at radius 2 is 1.06 bits per heavy atom. The molecule has 35 heavy (non-hydrogen) atoms. The molecule has 2 bridgehead atoms. The monoisotopic (exact) mass is 558 g/mol. The fourth-order valence-corrected chi connectivity index (χ4v) is 7.01. The summed E-state index contributed by atoms with van der Waals surface area (Å²) in [4.78, 5) is 5.42. The number of halogens is 2. The van der Waals surface area contributed by atoms with Gasteiger partial charge in [0.2, 0.25) is 0 Å². The van der Waals surface area contributed by atoms with Gasteiger partial charge in [-0.15, -0.1) is 0 Å². The largest absolute Gasteiger partial charge is 0.662 e. The second-order valence-electron chi connectivity index (χ2n) is 10.9. The van der Waals surface area contributed by atoms with E-state index < -0.39 is 0 Å². The van der Waals surface area contributed by atoms with E-state index in [1.807, 2.05) is 0 Å². The molecule has 0 saturated heterocycles. The van der Waals surface area contributed by atoms with Gasteiger partial charge < -0.3 is 21.3 Å². The van der Waals surface area contributed by atoms with Crippen molar-refractivity contribution in [2.24, 2.45) is 0 Å². The molecule has 1 aliphatic heterocycles. The molecular formula is C27H39Cl2MnN5-4. The molecule has 2 saturated carbocycles. The van der Waals surface area contributed by atoms with Crippen molar-refractivity contribution < 1.29 is 13.1 Å². The topological polar surface area (TPSA) is 69.3 Å². The van der Waals surface area contributed by atoms with Gasteiger partial charge in [0, 0.05) is 11.4 Å². The van der Waals surface area contributed by atoms with Crippen molar-refractivity contribution in [3.8, 4) is 0 Å². The van der Waals surface area contributed by atoms with Crippen LogP contribution >= 0.6 is 20.2 Å². The standard InChI is InChI=1S/C27H39N5.2ClH.Mn/c1-3-11-22-20(9-1)28-15-16-29-21-10-2-4-12-23(21)31-25-14-6-8-19-17-18-7-5-13-24(30-22)26(18)32-27(19)25;;;/h17,20-25H,1-16H2;2*1H;/q-4;;;+2/p-2/t20-,21-,22-,23-,24?,25?;;;/m1.../s1. The maximum atomic E-state index is 5.47. The minimum absolute atomic E-state index is 0.00694. The molecule has 0 radical (unpaired) electrons. The van der Waals surface area contributed by atoms with Crippen LogP contribution in [-0.2, 0) is 26.0 Å². The molecule has 0 aromatic carbocycles. The Kier molecular flexibility index (Phi) is 10.1. The third-order valence-corrected chi connectivity index (χ3v) is 8.68. The van der Waals surface area contributed by atoms with Gasteiger partial charge in [0.25, 0.3) is 0 Å². The number of fused-ring (bicyclic) bond motifs is 2. The fraction of sp³-hybridized carbons (Fsp3) is 0.815. The first-order chi connectivity index (χ1) is 17.3. The van der Waals surface area contributed by atoms with E-state index in [1.165, 1.54) is 99.6 Å². The number of aryl methyl sites for hydroxylation is 2. The summed E-state index contributed by atoms with van der Waals surface area (Å²) in [6.07, 6.45) is 17.1. The zero-order valence-corrected chi connectivity index (χ0v) is 23.4. The molecule has 4 aliphatic carbocycles. The zero-order chi connectivity index (χ0) is 24.0. The van der Waals surface area contributed by atoms with E-state index in [4.69, 9.17) is 46.4 Å². The molecule has 1 aromatic heterocycles. The fourth-order valence-electron chi connectivity index (χ4n) is 7.01. The number of nitrogens with zero attached hydrogens (tertiary/aromatic N) is 5. The van der Waals surface area contributed by atoms with Gasteiger partial charge in [-0.2, -0.15) is 37.3 Å². The summed E-state index contributed by atoms with van der Waals surface area (Å²) >= 11 is 0.00694. The van der Waals surface area contributed by atoms with E-state index in [2.05, 4.69) is 6.07 Å².